The smallest absolute Gasteiger partial charge is 0.306 e. The molecule has 10 nitrogen and oxygen atoms in total. The number of allylic oxidation sites excluding steroid dienone is 13. The lowest BCUT2D eigenvalue weighted by Gasteiger charge is -2.28. The molecule has 3 unspecified atom stereocenters. The summed E-state index contributed by atoms with van der Waals surface area (Å²) in [6.45, 7) is 4.01. The zero-order chi connectivity index (χ0) is 43.3. The zero-order valence-electron chi connectivity index (χ0n) is 37.4. The van der Waals surface area contributed by atoms with E-state index >= 15 is 0 Å². The van der Waals surface area contributed by atoms with Crippen molar-refractivity contribution in [3.63, 3.8) is 0 Å². The number of phosphoric ester groups is 1. The largest absolute Gasteiger partial charge is 0.756 e. The standard InChI is InChI=1S/C48H80NO9P/c1-6-8-10-11-12-13-14-15-16-17-18-19-20-25-28-31-35-39-48(51)57-44(43-56-59(52,53)55-41-40-49(3,4)5)42-54-47(50)38-34-30-27-24-22-21-23-26-29-33-37-46-45(58-46)36-32-9-7-2/h12-13,15-16,18-19,21,23-25,27-29,33,44-46H,6-11,14,17,20,22,26,30-32,34-43H2,1-5H3/b13-12-,16-15-,19-18-,23-21-,27-24-,28-25-,33-29-/t44-,45?,46?/m1/s1. The van der Waals surface area contributed by atoms with Crippen molar-refractivity contribution in [2.45, 2.75) is 161 Å². The van der Waals surface area contributed by atoms with Crippen LogP contribution in [0.5, 0.6) is 0 Å². The minimum Gasteiger partial charge on any atom is -0.756 e. The average molecular weight is 846 g/mol. The maximum Gasteiger partial charge on any atom is 0.306 e. The molecule has 11 heteroatoms. The van der Waals surface area contributed by atoms with Crippen LogP contribution in [0.25, 0.3) is 0 Å². The summed E-state index contributed by atoms with van der Waals surface area (Å²) in [6, 6.07) is 0. The molecule has 1 aliphatic heterocycles. The number of hydrogen-bond donors (Lipinski definition) is 0. The van der Waals surface area contributed by atoms with E-state index in [2.05, 4.69) is 86.8 Å². The monoisotopic (exact) mass is 846 g/mol. The molecular weight excluding hydrogens is 766 g/mol. The molecule has 0 aromatic rings. The van der Waals surface area contributed by atoms with Gasteiger partial charge in [-0.1, -0.05) is 131 Å². The predicted molar refractivity (Wildman–Crippen MR) is 240 cm³/mol. The van der Waals surface area contributed by atoms with Crippen LogP contribution in [0.15, 0.2) is 85.1 Å². The Morgan fingerprint density at radius 1 is 0.627 bits per heavy atom. The quantitative estimate of drug-likeness (QED) is 0.0149. The summed E-state index contributed by atoms with van der Waals surface area (Å²) in [5.74, 6) is -0.980. The zero-order valence-corrected chi connectivity index (χ0v) is 38.2. The molecule has 0 aliphatic carbocycles. The Hall–Kier alpha value is -2.85. The van der Waals surface area contributed by atoms with Crippen LogP contribution in [-0.2, 0) is 37.4 Å². The second-order valence-corrected chi connectivity index (χ2v) is 17.5. The van der Waals surface area contributed by atoms with E-state index in [9.17, 15) is 19.0 Å². The Labute approximate surface area is 358 Å². The maximum atomic E-state index is 12.7. The van der Waals surface area contributed by atoms with Crippen LogP contribution in [-0.4, -0.2) is 82.2 Å². The number of rotatable bonds is 38. The van der Waals surface area contributed by atoms with Crippen molar-refractivity contribution in [1.82, 2.24) is 0 Å². The fourth-order valence-corrected chi connectivity index (χ4v) is 6.40. The van der Waals surface area contributed by atoms with Crippen LogP contribution in [0.1, 0.15) is 142 Å². The van der Waals surface area contributed by atoms with Gasteiger partial charge in [0.25, 0.3) is 7.82 Å². The first-order valence-electron chi connectivity index (χ1n) is 22.4. The van der Waals surface area contributed by atoms with E-state index in [0.717, 1.165) is 44.9 Å². The Morgan fingerprint density at radius 2 is 1.12 bits per heavy atom. The van der Waals surface area contributed by atoms with Gasteiger partial charge < -0.3 is 32.6 Å². The number of carbonyl (C=O) groups excluding carboxylic acids is 2. The molecule has 1 saturated heterocycles. The molecule has 0 spiro atoms. The van der Waals surface area contributed by atoms with Crippen LogP contribution >= 0.6 is 7.82 Å². The molecule has 1 aliphatic rings. The Bertz CT molecular complexity index is 1340. The summed E-state index contributed by atoms with van der Waals surface area (Å²) in [4.78, 5) is 37.5. The number of unbranched alkanes of at least 4 members (excludes halogenated alkanes) is 7. The van der Waals surface area contributed by atoms with E-state index in [1.54, 1.807) is 0 Å². The van der Waals surface area contributed by atoms with E-state index in [-0.39, 0.29) is 26.1 Å². The minimum absolute atomic E-state index is 0.0561. The van der Waals surface area contributed by atoms with Gasteiger partial charge in [0.2, 0.25) is 0 Å². The number of ether oxygens (including phenoxy) is 3. The van der Waals surface area contributed by atoms with E-state index < -0.39 is 32.5 Å². The normalized spacial score (nSPS) is 17.8. The first kappa shape index (κ1) is 54.2. The summed E-state index contributed by atoms with van der Waals surface area (Å²) in [7, 11) is 1.08. The maximum absolute atomic E-state index is 12.7. The summed E-state index contributed by atoms with van der Waals surface area (Å²) in [6.07, 6.45) is 48.0. The molecule has 0 amide bonds. The van der Waals surface area contributed by atoms with Gasteiger partial charge in [-0.15, -0.1) is 0 Å². The van der Waals surface area contributed by atoms with E-state index in [1.165, 1.54) is 44.9 Å². The van der Waals surface area contributed by atoms with Gasteiger partial charge in [0.1, 0.15) is 19.8 Å². The molecule has 0 saturated carbocycles. The molecule has 1 fully saturated rings. The third-order valence-corrected chi connectivity index (χ3v) is 10.3. The SMILES string of the molecule is CCCCC/C=C\C/C=C\C/C=C\C/C=C\CCCC(=O)O[C@H](COC(=O)CCC/C=C\C/C=C\C/C=C\CC1OC1CCCCC)COP(=O)([O-])OCC[N+](C)(C)C. The molecule has 1 rings (SSSR count). The molecule has 336 valence electrons. The number of likely N-dealkylation sites (N-methyl/N-ethyl adjacent to an activating group) is 1. The van der Waals surface area contributed by atoms with Gasteiger partial charge >= 0.3 is 11.9 Å². The molecule has 1 heterocycles. The molecule has 0 aromatic heterocycles. The van der Waals surface area contributed by atoms with E-state index in [4.69, 9.17) is 23.3 Å². The Morgan fingerprint density at radius 3 is 1.66 bits per heavy atom. The van der Waals surface area contributed by atoms with Crippen LogP contribution in [0.2, 0.25) is 0 Å². The van der Waals surface area contributed by atoms with Crippen LogP contribution in [0.3, 0.4) is 0 Å². The van der Waals surface area contributed by atoms with Crippen molar-refractivity contribution in [3.8, 4) is 0 Å². The van der Waals surface area contributed by atoms with Crippen LogP contribution in [0, 0.1) is 0 Å². The molecule has 0 N–H and O–H groups in total. The summed E-state index contributed by atoms with van der Waals surface area (Å²) >= 11 is 0. The highest BCUT2D eigenvalue weighted by molar-refractivity contribution is 7.45. The van der Waals surface area contributed by atoms with Gasteiger partial charge in [0, 0.05) is 12.8 Å². The second kappa shape index (κ2) is 35.9. The number of esters is 2. The third-order valence-electron chi connectivity index (χ3n) is 9.31. The third kappa shape index (κ3) is 36.7. The molecule has 0 radical (unpaired) electrons. The Balaban J connectivity index is 2.36. The number of nitrogens with zero attached hydrogens (tertiary/aromatic N) is 1. The van der Waals surface area contributed by atoms with Crippen LogP contribution in [0.4, 0.5) is 0 Å². The van der Waals surface area contributed by atoms with Crippen molar-refractivity contribution in [2.75, 3.05) is 47.5 Å². The van der Waals surface area contributed by atoms with Crippen LogP contribution < -0.4 is 4.89 Å². The lowest BCUT2D eigenvalue weighted by molar-refractivity contribution is -0.870. The fourth-order valence-electron chi connectivity index (χ4n) is 5.67. The highest BCUT2D eigenvalue weighted by atomic mass is 31.2. The number of epoxide rings is 1. The van der Waals surface area contributed by atoms with Gasteiger partial charge in [-0.05, 0) is 83.5 Å². The average Bonchev–Trinajstić information content (AvgIpc) is 3.94. The molecular formula is C48H80NO9P. The van der Waals surface area contributed by atoms with Crippen molar-refractivity contribution >= 4 is 19.8 Å². The van der Waals surface area contributed by atoms with Crippen molar-refractivity contribution < 1.29 is 46.8 Å². The predicted octanol–water partition coefficient (Wildman–Crippen LogP) is 11.2. The highest BCUT2D eigenvalue weighted by Gasteiger charge is 2.36. The summed E-state index contributed by atoms with van der Waals surface area (Å²) < 4.78 is 39.5. The second-order valence-electron chi connectivity index (χ2n) is 16.1. The Kier molecular flexibility index (Phi) is 32.9. The highest BCUT2D eigenvalue weighted by Crippen LogP contribution is 2.38. The van der Waals surface area contributed by atoms with E-state index in [0.29, 0.717) is 48.9 Å². The topological polar surface area (TPSA) is 124 Å². The fraction of sp³-hybridized carbons (Fsp3) is 0.667. The van der Waals surface area contributed by atoms with Gasteiger partial charge in [0.15, 0.2) is 6.10 Å². The molecule has 4 atom stereocenters. The van der Waals surface area contributed by atoms with Gasteiger partial charge in [-0.3, -0.25) is 14.2 Å². The number of carbonyl (C=O) groups is 2. The van der Waals surface area contributed by atoms with Crippen molar-refractivity contribution in [2.24, 2.45) is 0 Å². The molecule has 59 heavy (non-hydrogen) atoms. The molecule has 0 bridgehead atoms. The summed E-state index contributed by atoms with van der Waals surface area (Å²) in [5, 5.41) is 0. The first-order valence-corrected chi connectivity index (χ1v) is 23.9. The lowest BCUT2D eigenvalue weighted by Crippen LogP contribution is -2.37. The summed E-state index contributed by atoms with van der Waals surface area (Å²) in [5.41, 5.74) is 0. The van der Waals surface area contributed by atoms with Gasteiger partial charge in [-0.2, -0.15) is 0 Å². The first-order chi connectivity index (χ1) is 28.5. The lowest BCUT2D eigenvalue weighted by atomic mass is 10.1. The van der Waals surface area contributed by atoms with Gasteiger partial charge in [-0.25, -0.2) is 0 Å². The molecule has 0 aromatic carbocycles. The van der Waals surface area contributed by atoms with Gasteiger partial charge in [0.05, 0.1) is 40.0 Å². The van der Waals surface area contributed by atoms with Crippen molar-refractivity contribution in [1.29, 1.82) is 0 Å². The number of hydrogen-bond acceptors (Lipinski definition) is 9. The number of quaternary nitrogens is 1. The van der Waals surface area contributed by atoms with Crippen molar-refractivity contribution in [3.05, 3.63) is 85.1 Å². The number of phosphoric acid groups is 1. The minimum atomic E-state index is -4.66. The van der Waals surface area contributed by atoms with E-state index in [1.807, 2.05) is 33.3 Å².